The van der Waals surface area contributed by atoms with Gasteiger partial charge in [-0.25, -0.2) is 0 Å². The van der Waals surface area contributed by atoms with Crippen LogP contribution in [0.15, 0.2) is 48.5 Å². The number of carbonyl (C=O) groups is 1. The molecule has 0 N–H and O–H groups in total. The molecule has 4 rings (SSSR count). The van der Waals surface area contributed by atoms with Gasteiger partial charge in [-0.05, 0) is 36.8 Å². The first-order chi connectivity index (χ1) is 14.6. The van der Waals surface area contributed by atoms with Crippen LogP contribution in [-0.2, 0) is 11.3 Å². The lowest BCUT2D eigenvalue weighted by Crippen LogP contribution is -2.37. The van der Waals surface area contributed by atoms with E-state index in [1.807, 2.05) is 50.4 Å². The van der Waals surface area contributed by atoms with Gasteiger partial charge in [0.1, 0.15) is 5.75 Å². The first-order valence-electron chi connectivity index (χ1n) is 10.2. The predicted octanol–water partition coefficient (Wildman–Crippen LogP) is 3.66. The van der Waals surface area contributed by atoms with Gasteiger partial charge in [0.2, 0.25) is 0 Å². The van der Waals surface area contributed by atoms with Crippen LogP contribution >= 0.6 is 0 Å². The molecule has 6 nitrogen and oxygen atoms in total. The van der Waals surface area contributed by atoms with Crippen LogP contribution in [-0.4, -0.2) is 56.3 Å². The molecule has 2 aromatic carbocycles. The van der Waals surface area contributed by atoms with Crippen LogP contribution in [0.25, 0.3) is 10.9 Å². The number of ether oxygens (including phenoxy) is 2. The minimum Gasteiger partial charge on any atom is -0.497 e. The minimum atomic E-state index is -0.0329. The molecule has 1 saturated heterocycles. The number of pyridine rings is 1. The summed E-state index contributed by atoms with van der Waals surface area (Å²) < 4.78 is 10.8. The van der Waals surface area contributed by atoms with Gasteiger partial charge in [0.25, 0.3) is 5.91 Å². The normalized spacial score (nSPS) is 14.0. The number of fused-ring (bicyclic) bond motifs is 1. The van der Waals surface area contributed by atoms with E-state index in [1.165, 1.54) is 5.69 Å². The summed E-state index contributed by atoms with van der Waals surface area (Å²) in [5.74, 6) is 0.722. The lowest BCUT2D eigenvalue weighted by atomic mass is 10.1. The second-order valence-electron chi connectivity index (χ2n) is 7.57. The van der Waals surface area contributed by atoms with E-state index in [9.17, 15) is 4.79 Å². The lowest BCUT2D eigenvalue weighted by Gasteiger charge is -2.31. The van der Waals surface area contributed by atoms with E-state index in [2.05, 4.69) is 22.0 Å². The molecular weight excluding hydrogens is 378 g/mol. The Labute approximate surface area is 177 Å². The van der Waals surface area contributed by atoms with Crippen LogP contribution in [0.5, 0.6) is 5.75 Å². The largest absolute Gasteiger partial charge is 0.497 e. The van der Waals surface area contributed by atoms with Crippen molar-refractivity contribution in [2.75, 3.05) is 45.4 Å². The third-order valence-electron chi connectivity index (χ3n) is 5.54. The van der Waals surface area contributed by atoms with Crippen LogP contribution in [0.2, 0.25) is 0 Å². The molecule has 1 aromatic heterocycles. The third-order valence-corrected chi connectivity index (χ3v) is 5.54. The number of anilines is 1. The van der Waals surface area contributed by atoms with Gasteiger partial charge in [-0.1, -0.05) is 18.2 Å². The monoisotopic (exact) mass is 405 g/mol. The van der Waals surface area contributed by atoms with Crippen LogP contribution < -0.4 is 9.64 Å². The highest BCUT2D eigenvalue weighted by Gasteiger charge is 2.20. The Bertz CT molecular complexity index is 1060. The van der Waals surface area contributed by atoms with Gasteiger partial charge in [0.05, 0.1) is 37.1 Å². The Kier molecular flexibility index (Phi) is 5.86. The zero-order valence-corrected chi connectivity index (χ0v) is 17.7. The molecule has 3 aromatic rings. The van der Waals surface area contributed by atoms with Gasteiger partial charge in [-0.3, -0.25) is 9.78 Å². The molecular formula is C24H27N3O3. The topological polar surface area (TPSA) is 54.9 Å². The molecule has 0 atom stereocenters. The summed E-state index contributed by atoms with van der Waals surface area (Å²) in [6.45, 7) is 5.61. The van der Waals surface area contributed by atoms with Crippen molar-refractivity contribution in [1.29, 1.82) is 0 Å². The van der Waals surface area contributed by atoms with Crippen molar-refractivity contribution < 1.29 is 14.3 Å². The highest BCUT2D eigenvalue weighted by Crippen LogP contribution is 2.25. The van der Waals surface area contributed by atoms with Crippen molar-refractivity contribution >= 4 is 22.5 Å². The summed E-state index contributed by atoms with van der Waals surface area (Å²) in [4.78, 5) is 22.0. The number of para-hydroxylation sites is 1. The Morgan fingerprint density at radius 3 is 2.70 bits per heavy atom. The van der Waals surface area contributed by atoms with Gasteiger partial charge >= 0.3 is 0 Å². The molecule has 0 radical (unpaired) electrons. The fraction of sp³-hybridized carbons (Fsp3) is 0.333. The third kappa shape index (κ3) is 4.09. The molecule has 0 saturated carbocycles. The molecule has 1 amide bonds. The summed E-state index contributed by atoms with van der Waals surface area (Å²) in [5.41, 5.74) is 4.46. The highest BCUT2D eigenvalue weighted by atomic mass is 16.5. The number of amides is 1. The number of nitrogens with zero attached hydrogens (tertiary/aromatic N) is 3. The van der Waals surface area contributed by atoms with E-state index in [0.29, 0.717) is 17.8 Å². The molecule has 0 aliphatic carbocycles. The minimum absolute atomic E-state index is 0.0329. The van der Waals surface area contributed by atoms with Crippen molar-refractivity contribution in [3.63, 3.8) is 0 Å². The van der Waals surface area contributed by atoms with Crippen LogP contribution in [0.1, 0.15) is 21.6 Å². The molecule has 1 fully saturated rings. The maximum absolute atomic E-state index is 13.3. The smallest absolute Gasteiger partial charge is 0.255 e. The molecule has 1 aliphatic heterocycles. The number of benzene rings is 2. The first-order valence-corrected chi connectivity index (χ1v) is 10.2. The van der Waals surface area contributed by atoms with E-state index in [0.717, 1.165) is 48.5 Å². The van der Waals surface area contributed by atoms with E-state index in [-0.39, 0.29) is 5.91 Å². The van der Waals surface area contributed by atoms with Gasteiger partial charge in [-0.2, -0.15) is 0 Å². The number of hydrogen-bond donors (Lipinski definition) is 0. The van der Waals surface area contributed by atoms with Crippen molar-refractivity contribution in [2.24, 2.45) is 0 Å². The molecule has 2 heterocycles. The highest BCUT2D eigenvalue weighted by molar-refractivity contribution is 5.98. The number of hydrogen-bond acceptors (Lipinski definition) is 5. The number of methoxy groups -OCH3 is 1. The molecule has 1 aliphatic rings. The van der Waals surface area contributed by atoms with Gasteiger partial charge in [0, 0.05) is 43.8 Å². The fourth-order valence-corrected chi connectivity index (χ4v) is 3.88. The van der Waals surface area contributed by atoms with Crippen molar-refractivity contribution in [3.8, 4) is 5.75 Å². The summed E-state index contributed by atoms with van der Waals surface area (Å²) >= 11 is 0. The van der Waals surface area contributed by atoms with Crippen molar-refractivity contribution in [2.45, 2.75) is 13.5 Å². The maximum Gasteiger partial charge on any atom is 0.255 e. The Hall–Kier alpha value is -3.12. The number of aryl methyl sites for hydroxylation is 1. The Balaban J connectivity index is 1.58. The van der Waals surface area contributed by atoms with Crippen molar-refractivity contribution in [3.05, 3.63) is 65.4 Å². The number of rotatable bonds is 5. The summed E-state index contributed by atoms with van der Waals surface area (Å²) in [6.07, 6.45) is 0. The van der Waals surface area contributed by atoms with Gasteiger partial charge < -0.3 is 19.3 Å². The molecule has 30 heavy (non-hydrogen) atoms. The SMILES string of the molecule is COc1ccc2cc(C(=O)N(C)Cc3ccccc3N3CCOCC3)c(C)nc2c1. The maximum atomic E-state index is 13.3. The standard InChI is InChI=1S/C24H27N3O3/c1-17-21(14-18-8-9-20(29-3)15-22(18)25-17)24(28)26(2)16-19-6-4-5-7-23(19)27-10-12-30-13-11-27/h4-9,14-15H,10-13,16H2,1-3H3. The number of carbonyl (C=O) groups excluding carboxylic acids is 1. The van der Waals surface area contributed by atoms with Crippen LogP contribution in [0.4, 0.5) is 5.69 Å². The van der Waals surface area contributed by atoms with Gasteiger partial charge in [-0.15, -0.1) is 0 Å². The van der Waals surface area contributed by atoms with Crippen LogP contribution in [0, 0.1) is 6.92 Å². The Morgan fingerprint density at radius 1 is 1.17 bits per heavy atom. The summed E-state index contributed by atoms with van der Waals surface area (Å²) in [7, 11) is 3.48. The number of morpholine rings is 1. The predicted molar refractivity (Wildman–Crippen MR) is 118 cm³/mol. The van der Waals surface area contributed by atoms with E-state index < -0.39 is 0 Å². The Morgan fingerprint density at radius 2 is 1.93 bits per heavy atom. The quantitative estimate of drug-likeness (QED) is 0.648. The van der Waals surface area contributed by atoms with E-state index in [4.69, 9.17) is 9.47 Å². The molecule has 0 unspecified atom stereocenters. The van der Waals surface area contributed by atoms with E-state index >= 15 is 0 Å². The number of aromatic nitrogens is 1. The van der Waals surface area contributed by atoms with Gasteiger partial charge in [0.15, 0.2) is 0 Å². The fourth-order valence-electron chi connectivity index (χ4n) is 3.88. The zero-order chi connectivity index (χ0) is 21.1. The second kappa shape index (κ2) is 8.71. The first kappa shape index (κ1) is 20.2. The van der Waals surface area contributed by atoms with Crippen LogP contribution in [0.3, 0.4) is 0 Å². The van der Waals surface area contributed by atoms with E-state index in [1.54, 1.807) is 12.0 Å². The molecule has 0 bridgehead atoms. The summed E-state index contributed by atoms with van der Waals surface area (Å²) in [5, 5.41) is 0.923. The van der Waals surface area contributed by atoms with Crippen molar-refractivity contribution in [1.82, 2.24) is 9.88 Å². The average molecular weight is 405 g/mol. The molecule has 6 heteroatoms. The summed E-state index contributed by atoms with van der Waals surface area (Å²) in [6, 6.07) is 15.9. The lowest BCUT2D eigenvalue weighted by molar-refractivity contribution is 0.0784. The zero-order valence-electron chi connectivity index (χ0n) is 17.7. The second-order valence-corrected chi connectivity index (χ2v) is 7.57. The molecule has 156 valence electrons. The average Bonchev–Trinajstić information content (AvgIpc) is 2.78. The molecule has 0 spiro atoms.